The van der Waals surface area contributed by atoms with E-state index in [1.54, 1.807) is 0 Å². The molecule has 34 heavy (non-hydrogen) atoms. The van der Waals surface area contributed by atoms with Crippen LogP contribution in [0.15, 0.2) is 82.2 Å². The molecule has 0 radical (unpaired) electrons. The summed E-state index contributed by atoms with van der Waals surface area (Å²) in [7, 11) is 0. The molecular formula is C28H26BrN3OS. The van der Waals surface area contributed by atoms with Gasteiger partial charge in [0.05, 0.1) is 4.91 Å². The molecule has 1 fully saturated rings. The van der Waals surface area contributed by atoms with Crippen LogP contribution < -0.4 is 10.6 Å². The van der Waals surface area contributed by atoms with Crippen LogP contribution in [-0.2, 0) is 17.8 Å². The summed E-state index contributed by atoms with van der Waals surface area (Å²) in [6.07, 6.45) is 3.05. The molecule has 3 aromatic carbocycles. The van der Waals surface area contributed by atoms with Crippen molar-refractivity contribution in [3.63, 3.8) is 0 Å². The van der Waals surface area contributed by atoms with E-state index in [1.807, 2.05) is 6.08 Å². The summed E-state index contributed by atoms with van der Waals surface area (Å²) in [6, 6.07) is 25.2. The third-order valence-electron chi connectivity index (χ3n) is 6.20. The molecule has 4 aromatic rings. The fourth-order valence-corrected chi connectivity index (χ4v) is 5.53. The maximum atomic E-state index is 12.8. The van der Waals surface area contributed by atoms with E-state index in [0.29, 0.717) is 0 Å². The van der Waals surface area contributed by atoms with Crippen molar-refractivity contribution in [3.8, 4) is 0 Å². The standard InChI is InChI=1S/C28H26BrN3OS/c1-3-19-10-14-22(15-11-19)30-28-31-27(33)26(34-28)16-24-18(2)32(25-7-5-4-6-23(24)25)17-20-8-12-21(29)13-9-20/h4-16,28,30H,3,17H2,1-2H3,(H,31,33)/b26-16-/t28-/m0/s1. The first-order valence-electron chi connectivity index (χ1n) is 11.4. The zero-order chi connectivity index (χ0) is 23.7. The summed E-state index contributed by atoms with van der Waals surface area (Å²) in [4.78, 5) is 13.5. The van der Waals surface area contributed by atoms with Crippen molar-refractivity contribution < 1.29 is 4.79 Å². The minimum absolute atomic E-state index is 0.0446. The van der Waals surface area contributed by atoms with Gasteiger partial charge in [-0.3, -0.25) is 4.79 Å². The smallest absolute Gasteiger partial charge is 0.260 e. The molecule has 6 heteroatoms. The van der Waals surface area contributed by atoms with Crippen molar-refractivity contribution in [2.45, 2.75) is 32.3 Å². The molecule has 0 unspecified atom stereocenters. The summed E-state index contributed by atoms with van der Waals surface area (Å²) in [6.45, 7) is 5.05. The number of hydrogen-bond acceptors (Lipinski definition) is 3. The molecule has 0 saturated carbocycles. The molecule has 0 spiro atoms. The number of aromatic nitrogens is 1. The monoisotopic (exact) mass is 531 g/mol. The molecule has 0 aliphatic carbocycles. The molecule has 1 atom stereocenters. The van der Waals surface area contributed by atoms with Crippen LogP contribution in [-0.4, -0.2) is 16.0 Å². The van der Waals surface area contributed by atoms with Crippen LogP contribution in [0.5, 0.6) is 0 Å². The van der Waals surface area contributed by atoms with Gasteiger partial charge in [0.1, 0.15) is 0 Å². The Morgan fingerprint density at radius 2 is 1.74 bits per heavy atom. The van der Waals surface area contributed by atoms with Crippen molar-refractivity contribution in [2.75, 3.05) is 5.32 Å². The lowest BCUT2D eigenvalue weighted by Gasteiger charge is -2.12. The second kappa shape index (κ2) is 9.72. The van der Waals surface area contributed by atoms with Gasteiger partial charge in [0.2, 0.25) is 0 Å². The van der Waals surface area contributed by atoms with Crippen molar-refractivity contribution in [2.24, 2.45) is 0 Å². The van der Waals surface area contributed by atoms with Gasteiger partial charge in [0, 0.05) is 38.9 Å². The van der Waals surface area contributed by atoms with Crippen LogP contribution in [0, 0.1) is 6.92 Å². The van der Waals surface area contributed by atoms with Gasteiger partial charge >= 0.3 is 0 Å². The highest BCUT2D eigenvalue weighted by molar-refractivity contribution is 9.10. The number of amides is 1. The Hall–Kier alpha value is -2.96. The second-order valence-corrected chi connectivity index (χ2v) is 10.5. The van der Waals surface area contributed by atoms with Gasteiger partial charge < -0.3 is 15.2 Å². The van der Waals surface area contributed by atoms with Gasteiger partial charge in [-0.15, -0.1) is 0 Å². The maximum absolute atomic E-state index is 12.8. The first-order chi connectivity index (χ1) is 16.5. The Bertz CT molecular complexity index is 1370. The number of benzene rings is 3. The van der Waals surface area contributed by atoms with Gasteiger partial charge in [-0.2, -0.15) is 0 Å². The molecular weight excluding hydrogens is 506 g/mol. The zero-order valence-corrected chi connectivity index (χ0v) is 21.5. The minimum Gasteiger partial charge on any atom is -0.357 e. The Morgan fingerprint density at radius 1 is 1.03 bits per heavy atom. The van der Waals surface area contributed by atoms with Gasteiger partial charge in [-0.25, -0.2) is 0 Å². The number of anilines is 1. The topological polar surface area (TPSA) is 46.1 Å². The Kier molecular flexibility index (Phi) is 6.53. The van der Waals surface area contributed by atoms with Crippen LogP contribution in [0.2, 0.25) is 0 Å². The third-order valence-corrected chi connectivity index (χ3v) is 7.76. The van der Waals surface area contributed by atoms with E-state index in [1.165, 1.54) is 28.4 Å². The fourth-order valence-electron chi connectivity index (χ4n) is 4.30. The number of hydrogen-bond donors (Lipinski definition) is 2. The van der Waals surface area contributed by atoms with Gasteiger partial charge in [-0.05, 0) is 60.9 Å². The molecule has 1 aliphatic rings. The predicted molar refractivity (Wildman–Crippen MR) is 147 cm³/mol. The lowest BCUT2D eigenvalue weighted by molar-refractivity contribution is -0.116. The molecule has 2 heterocycles. The number of carbonyl (C=O) groups excluding carboxylic acids is 1. The van der Waals surface area contributed by atoms with Gasteiger partial charge in [0.15, 0.2) is 5.50 Å². The Morgan fingerprint density at radius 3 is 2.47 bits per heavy atom. The highest BCUT2D eigenvalue weighted by atomic mass is 79.9. The van der Waals surface area contributed by atoms with E-state index >= 15 is 0 Å². The molecule has 2 N–H and O–H groups in total. The van der Waals surface area contributed by atoms with E-state index in [9.17, 15) is 4.79 Å². The highest BCUT2D eigenvalue weighted by Gasteiger charge is 2.28. The number of nitrogens with zero attached hydrogens (tertiary/aromatic N) is 1. The van der Waals surface area contributed by atoms with E-state index in [0.717, 1.165) is 44.7 Å². The summed E-state index contributed by atoms with van der Waals surface area (Å²) in [5.41, 5.74) is 6.75. The van der Waals surface area contributed by atoms with Crippen LogP contribution in [0.1, 0.15) is 29.3 Å². The second-order valence-electron chi connectivity index (χ2n) is 8.40. The van der Waals surface area contributed by atoms with Crippen LogP contribution >= 0.6 is 27.7 Å². The van der Waals surface area contributed by atoms with E-state index < -0.39 is 0 Å². The largest absolute Gasteiger partial charge is 0.357 e. The van der Waals surface area contributed by atoms with Crippen molar-refractivity contribution >= 4 is 56.3 Å². The fraction of sp³-hybridized carbons (Fsp3) is 0.179. The normalized spacial score (nSPS) is 16.9. The van der Waals surface area contributed by atoms with Crippen molar-refractivity contribution in [1.29, 1.82) is 0 Å². The average molecular weight is 533 g/mol. The lowest BCUT2D eigenvalue weighted by atomic mass is 10.1. The number of nitrogens with one attached hydrogen (secondary N) is 2. The molecule has 1 aromatic heterocycles. The summed E-state index contributed by atoms with van der Waals surface area (Å²) in [5.74, 6) is -0.0446. The van der Waals surface area contributed by atoms with E-state index in [-0.39, 0.29) is 11.4 Å². The SMILES string of the molecule is CCc1ccc(N[C@H]2NC(=O)/C(=C/c3c(C)n(Cc4ccc(Br)cc4)c4ccccc34)S2)cc1. The summed E-state index contributed by atoms with van der Waals surface area (Å²) in [5, 5.41) is 7.62. The molecule has 1 saturated heterocycles. The van der Waals surface area contributed by atoms with Crippen molar-refractivity contribution in [3.05, 3.63) is 105 Å². The summed E-state index contributed by atoms with van der Waals surface area (Å²) < 4.78 is 3.40. The number of aryl methyl sites for hydroxylation is 1. The maximum Gasteiger partial charge on any atom is 0.260 e. The molecule has 1 aliphatic heterocycles. The minimum atomic E-state index is -0.192. The van der Waals surface area contributed by atoms with Gasteiger partial charge in [-0.1, -0.05) is 77.1 Å². The van der Waals surface area contributed by atoms with E-state index in [2.05, 4.69) is 118 Å². The average Bonchev–Trinajstić information content (AvgIpc) is 3.32. The number of thioether (sulfide) groups is 1. The Labute approximate surface area is 212 Å². The van der Waals surface area contributed by atoms with Crippen LogP contribution in [0.3, 0.4) is 0 Å². The number of halogens is 1. The van der Waals surface area contributed by atoms with Crippen molar-refractivity contribution in [1.82, 2.24) is 9.88 Å². The lowest BCUT2D eigenvalue weighted by Crippen LogP contribution is -2.30. The predicted octanol–water partition coefficient (Wildman–Crippen LogP) is 6.92. The number of para-hydroxylation sites is 1. The van der Waals surface area contributed by atoms with Crippen LogP contribution in [0.25, 0.3) is 17.0 Å². The number of rotatable bonds is 6. The highest BCUT2D eigenvalue weighted by Crippen LogP contribution is 2.34. The molecule has 172 valence electrons. The molecule has 4 nitrogen and oxygen atoms in total. The quantitative estimate of drug-likeness (QED) is 0.265. The number of carbonyl (C=O) groups is 1. The first kappa shape index (κ1) is 22.8. The van der Waals surface area contributed by atoms with E-state index in [4.69, 9.17) is 0 Å². The first-order valence-corrected chi connectivity index (χ1v) is 13.1. The van der Waals surface area contributed by atoms with Crippen LogP contribution in [0.4, 0.5) is 5.69 Å². The zero-order valence-electron chi connectivity index (χ0n) is 19.1. The Balaban J connectivity index is 1.43. The number of fused-ring (bicyclic) bond motifs is 1. The third kappa shape index (κ3) is 4.65. The molecule has 1 amide bonds. The summed E-state index contributed by atoms with van der Waals surface area (Å²) >= 11 is 5.04. The molecule has 0 bridgehead atoms. The van der Waals surface area contributed by atoms with Gasteiger partial charge in [0.25, 0.3) is 5.91 Å². The molecule has 5 rings (SSSR count).